The lowest BCUT2D eigenvalue weighted by Crippen LogP contribution is -2.45. The summed E-state index contributed by atoms with van der Waals surface area (Å²) in [7, 11) is 0. The normalized spacial score (nSPS) is 16.3. The van der Waals surface area contributed by atoms with Crippen molar-refractivity contribution in [2.24, 2.45) is 0 Å². The van der Waals surface area contributed by atoms with Crippen molar-refractivity contribution in [3.05, 3.63) is 75.5 Å². The van der Waals surface area contributed by atoms with E-state index < -0.39 is 16.9 Å². The van der Waals surface area contributed by atoms with Crippen LogP contribution in [-0.4, -0.2) is 21.0 Å². The molecule has 27 heavy (non-hydrogen) atoms. The van der Waals surface area contributed by atoms with E-state index in [2.05, 4.69) is 16.0 Å². The molecule has 3 rings (SSSR count). The van der Waals surface area contributed by atoms with Gasteiger partial charge in [0.25, 0.3) is 11.6 Å². The number of anilines is 1. The van der Waals surface area contributed by atoms with Crippen LogP contribution in [-0.2, 0) is 4.79 Å². The smallest absolute Gasteiger partial charge is 0.270 e. The molecule has 2 aromatic carbocycles. The molecule has 4 N–H and O–H groups in total. The molecular weight excluding hydrogens is 368 g/mol. The molecule has 0 radical (unpaired) electrons. The molecule has 0 bridgehead atoms. The predicted octanol–water partition coefficient (Wildman–Crippen LogP) is 2.73. The Balaban J connectivity index is 2.03. The number of nitro groups is 1. The van der Waals surface area contributed by atoms with Crippen LogP contribution in [0.1, 0.15) is 18.5 Å². The highest BCUT2D eigenvalue weighted by atomic mass is 32.1. The molecule has 1 aliphatic rings. The summed E-state index contributed by atoms with van der Waals surface area (Å²) in [6.45, 7) is 1.68. The summed E-state index contributed by atoms with van der Waals surface area (Å²) >= 11 is 5.15. The molecular formula is C18H16N4O4S. The number of aromatic hydroxyl groups is 1. The lowest BCUT2D eigenvalue weighted by Gasteiger charge is -2.30. The Bertz CT molecular complexity index is 959. The van der Waals surface area contributed by atoms with Gasteiger partial charge in [-0.2, -0.15) is 0 Å². The van der Waals surface area contributed by atoms with E-state index in [1.165, 1.54) is 18.2 Å². The number of nitrogens with one attached hydrogen (secondary N) is 3. The van der Waals surface area contributed by atoms with E-state index in [-0.39, 0.29) is 27.7 Å². The highest BCUT2D eigenvalue weighted by molar-refractivity contribution is 7.80. The topological polar surface area (TPSA) is 117 Å². The number of benzene rings is 2. The van der Waals surface area contributed by atoms with Crippen LogP contribution < -0.4 is 16.0 Å². The summed E-state index contributed by atoms with van der Waals surface area (Å²) in [5, 5.41) is 30.2. The predicted molar refractivity (Wildman–Crippen MR) is 104 cm³/mol. The van der Waals surface area contributed by atoms with Crippen molar-refractivity contribution in [2.45, 2.75) is 13.0 Å². The van der Waals surface area contributed by atoms with Gasteiger partial charge in [0, 0.05) is 29.1 Å². The van der Waals surface area contributed by atoms with Crippen LogP contribution in [0.5, 0.6) is 5.75 Å². The molecule has 1 unspecified atom stereocenters. The Morgan fingerprint density at radius 2 is 1.96 bits per heavy atom. The number of para-hydroxylation sites is 1. The van der Waals surface area contributed by atoms with Gasteiger partial charge in [-0.25, -0.2) is 0 Å². The van der Waals surface area contributed by atoms with Gasteiger partial charge in [-0.1, -0.05) is 18.2 Å². The number of nitro benzene ring substituents is 1. The number of phenolic OH excluding ortho intramolecular Hbond substituents is 1. The molecule has 9 heteroatoms. The molecule has 1 amide bonds. The molecule has 1 aliphatic heterocycles. The van der Waals surface area contributed by atoms with Crippen LogP contribution in [0.15, 0.2) is 59.8 Å². The van der Waals surface area contributed by atoms with E-state index in [1.807, 2.05) is 6.07 Å². The minimum absolute atomic E-state index is 0.180. The van der Waals surface area contributed by atoms with Crippen molar-refractivity contribution in [3.63, 3.8) is 0 Å². The Hall–Kier alpha value is -3.46. The number of non-ortho nitro benzene ring substituents is 1. The van der Waals surface area contributed by atoms with Crippen LogP contribution in [0.3, 0.4) is 0 Å². The van der Waals surface area contributed by atoms with Gasteiger partial charge in [0.2, 0.25) is 0 Å². The molecule has 8 nitrogen and oxygen atoms in total. The molecule has 1 atom stereocenters. The summed E-state index contributed by atoms with van der Waals surface area (Å²) < 4.78 is 0. The average molecular weight is 384 g/mol. The maximum Gasteiger partial charge on any atom is 0.270 e. The van der Waals surface area contributed by atoms with Gasteiger partial charge in [0.05, 0.1) is 16.5 Å². The number of hydrogen-bond donors (Lipinski definition) is 4. The molecule has 0 fully saturated rings. The van der Waals surface area contributed by atoms with Gasteiger partial charge >= 0.3 is 0 Å². The standard InChI is InChI=1S/C18H16N4O4S/c1-10-15(17(24)20-11-5-3-2-4-6-11)16(21-18(27)19-10)13-9-12(22(25)26)7-8-14(13)23/h2-9,16,23H,1H3,(H,20,24)(H2,19,21,27). The molecule has 2 aromatic rings. The lowest BCUT2D eigenvalue weighted by atomic mass is 9.93. The first-order valence-corrected chi connectivity index (χ1v) is 8.39. The zero-order chi connectivity index (χ0) is 19.6. The van der Waals surface area contributed by atoms with Crippen molar-refractivity contribution in [1.82, 2.24) is 10.6 Å². The van der Waals surface area contributed by atoms with E-state index in [0.717, 1.165) is 0 Å². The van der Waals surface area contributed by atoms with Gasteiger partial charge in [-0.05, 0) is 37.3 Å². The van der Waals surface area contributed by atoms with Crippen LogP contribution in [0.4, 0.5) is 11.4 Å². The Morgan fingerprint density at radius 3 is 2.63 bits per heavy atom. The highest BCUT2D eigenvalue weighted by Gasteiger charge is 2.32. The maximum atomic E-state index is 12.9. The van der Waals surface area contributed by atoms with Gasteiger partial charge in [-0.3, -0.25) is 14.9 Å². The fourth-order valence-corrected chi connectivity index (χ4v) is 3.11. The highest BCUT2D eigenvalue weighted by Crippen LogP contribution is 2.35. The van der Waals surface area contributed by atoms with E-state index in [0.29, 0.717) is 11.4 Å². The molecule has 0 saturated carbocycles. The summed E-state index contributed by atoms with van der Waals surface area (Å²) in [6.07, 6.45) is 0. The van der Waals surface area contributed by atoms with E-state index >= 15 is 0 Å². The first-order chi connectivity index (χ1) is 12.9. The quantitative estimate of drug-likeness (QED) is 0.364. The fourth-order valence-electron chi connectivity index (χ4n) is 2.83. The Morgan fingerprint density at radius 1 is 1.26 bits per heavy atom. The van der Waals surface area contributed by atoms with Gasteiger partial charge in [-0.15, -0.1) is 0 Å². The zero-order valence-electron chi connectivity index (χ0n) is 14.2. The van der Waals surface area contributed by atoms with E-state index in [1.54, 1.807) is 31.2 Å². The maximum absolute atomic E-state index is 12.9. The number of hydrogen-bond acceptors (Lipinski definition) is 5. The van der Waals surface area contributed by atoms with Crippen molar-refractivity contribution >= 4 is 34.6 Å². The number of carbonyl (C=O) groups is 1. The van der Waals surface area contributed by atoms with Crippen LogP contribution in [0.25, 0.3) is 0 Å². The van der Waals surface area contributed by atoms with Crippen molar-refractivity contribution in [3.8, 4) is 5.75 Å². The number of rotatable bonds is 4. The molecule has 0 spiro atoms. The number of nitrogens with zero attached hydrogens (tertiary/aromatic N) is 1. The Labute approximate surface area is 160 Å². The monoisotopic (exact) mass is 384 g/mol. The summed E-state index contributed by atoms with van der Waals surface area (Å²) in [5.41, 5.74) is 1.34. The minimum atomic E-state index is -0.845. The fraction of sp³-hybridized carbons (Fsp3) is 0.111. The lowest BCUT2D eigenvalue weighted by molar-refractivity contribution is -0.385. The molecule has 0 aromatic heterocycles. The molecule has 0 saturated heterocycles. The largest absolute Gasteiger partial charge is 0.508 e. The number of amides is 1. The number of thiocarbonyl (C=S) groups is 1. The third-order valence-corrected chi connectivity index (χ3v) is 4.30. The second-order valence-corrected chi connectivity index (χ2v) is 6.30. The zero-order valence-corrected chi connectivity index (χ0v) is 15.0. The van der Waals surface area contributed by atoms with Crippen molar-refractivity contribution in [1.29, 1.82) is 0 Å². The van der Waals surface area contributed by atoms with Gasteiger partial charge in [0.1, 0.15) is 5.75 Å². The SMILES string of the molecule is CC1=C(C(=O)Nc2ccccc2)C(c2cc([N+](=O)[O-])ccc2O)NC(=S)N1. The van der Waals surface area contributed by atoms with Gasteiger partial charge < -0.3 is 21.1 Å². The summed E-state index contributed by atoms with van der Waals surface area (Å²) in [5.74, 6) is -0.599. The minimum Gasteiger partial charge on any atom is -0.508 e. The third kappa shape index (κ3) is 3.87. The van der Waals surface area contributed by atoms with E-state index in [9.17, 15) is 20.0 Å². The molecule has 138 valence electrons. The summed E-state index contributed by atoms with van der Waals surface area (Å²) in [6, 6.07) is 11.7. The number of carbonyl (C=O) groups excluding carboxylic acids is 1. The average Bonchev–Trinajstić information content (AvgIpc) is 2.62. The van der Waals surface area contributed by atoms with Crippen LogP contribution in [0.2, 0.25) is 0 Å². The first-order valence-electron chi connectivity index (χ1n) is 7.99. The van der Waals surface area contributed by atoms with E-state index in [4.69, 9.17) is 12.2 Å². The van der Waals surface area contributed by atoms with Crippen LogP contribution >= 0.6 is 12.2 Å². The number of allylic oxidation sites excluding steroid dienone is 1. The second kappa shape index (κ2) is 7.42. The second-order valence-electron chi connectivity index (χ2n) is 5.89. The number of phenols is 1. The van der Waals surface area contributed by atoms with Crippen molar-refractivity contribution in [2.75, 3.05) is 5.32 Å². The molecule has 1 heterocycles. The van der Waals surface area contributed by atoms with Crippen molar-refractivity contribution < 1.29 is 14.8 Å². The summed E-state index contributed by atoms with van der Waals surface area (Å²) in [4.78, 5) is 23.4. The third-order valence-electron chi connectivity index (χ3n) is 4.08. The molecule has 0 aliphatic carbocycles. The van der Waals surface area contributed by atoms with Crippen LogP contribution in [0, 0.1) is 10.1 Å². The van der Waals surface area contributed by atoms with Gasteiger partial charge in [0.15, 0.2) is 5.11 Å². The Kier molecular flexibility index (Phi) is 5.04. The first kappa shape index (κ1) is 18.3.